The highest BCUT2D eigenvalue weighted by Crippen LogP contribution is 2.29. The molecule has 3 nitrogen and oxygen atoms in total. The van der Waals surface area contributed by atoms with Crippen LogP contribution in [0.3, 0.4) is 0 Å². The maximum Gasteiger partial charge on any atom is 0.356 e. The van der Waals surface area contributed by atoms with Crippen LogP contribution < -0.4 is 0 Å². The second kappa shape index (κ2) is 9.11. The minimum Gasteiger partial charge on any atom is -0.478 e. The summed E-state index contributed by atoms with van der Waals surface area (Å²) in [6, 6.07) is 10.5. The van der Waals surface area contributed by atoms with Gasteiger partial charge in [-0.3, -0.25) is 0 Å². The Bertz CT molecular complexity index is 430. The first kappa shape index (κ1) is 20.9. The van der Waals surface area contributed by atoms with Crippen molar-refractivity contribution in [3.63, 3.8) is 0 Å². The van der Waals surface area contributed by atoms with Crippen LogP contribution in [0, 0.1) is 0 Å². The summed E-state index contributed by atoms with van der Waals surface area (Å²) >= 11 is 16.2. The van der Waals surface area contributed by atoms with Crippen LogP contribution in [0.25, 0.3) is 0 Å². The molecule has 0 fully saturated rings. The van der Waals surface area contributed by atoms with Crippen molar-refractivity contribution in [1.82, 2.24) is 4.31 Å². The van der Waals surface area contributed by atoms with Crippen LogP contribution in [0.15, 0.2) is 35.2 Å². The largest absolute Gasteiger partial charge is 0.478 e. The van der Waals surface area contributed by atoms with Crippen LogP contribution >= 0.6 is 46.8 Å². The molecule has 120 valence electrons. The van der Waals surface area contributed by atoms with E-state index in [1.165, 1.54) is 4.90 Å². The van der Waals surface area contributed by atoms with Crippen molar-refractivity contribution in [2.45, 2.75) is 41.9 Å². The van der Waals surface area contributed by atoms with Crippen LogP contribution in [0.5, 0.6) is 0 Å². The lowest BCUT2D eigenvalue weighted by molar-refractivity contribution is -0.135. The zero-order valence-corrected chi connectivity index (χ0v) is 15.5. The number of nitrogens with zero attached hydrogens (tertiary/aromatic N) is 1. The van der Waals surface area contributed by atoms with Gasteiger partial charge in [-0.15, -0.1) is 0 Å². The summed E-state index contributed by atoms with van der Waals surface area (Å²) in [7, 11) is 0. The number of aliphatic carboxylic acids is 1. The molecule has 0 aliphatic carbocycles. The fourth-order valence-electron chi connectivity index (χ4n) is 1.28. The maximum absolute atomic E-state index is 9.62. The van der Waals surface area contributed by atoms with Gasteiger partial charge < -0.3 is 5.11 Å². The smallest absolute Gasteiger partial charge is 0.356 e. The molecule has 1 aromatic carbocycles. The molecule has 1 aromatic rings. The molecule has 0 saturated heterocycles. The van der Waals surface area contributed by atoms with Crippen LogP contribution in [0.2, 0.25) is 0 Å². The van der Waals surface area contributed by atoms with Crippen LogP contribution in [0.4, 0.5) is 0 Å². The Balaban J connectivity index is 0.000000486. The molecule has 0 heterocycles. The second-order valence-electron chi connectivity index (χ2n) is 5.07. The summed E-state index contributed by atoms with van der Waals surface area (Å²) < 4.78 is 0.225. The topological polar surface area (TPSA) is 40.5 Å². The Labute approximate surface area is 145 Å². The minimum absolute atomic E-state index is 0.218. The van der Waals surface area contributed by atoms with E-state index in [0.29, 0.717) is 0 Å². The average molecular weight is 373 g/mol. The molecule has 0 saturated carbocycles. The fourth-order valence-corrected chi connectivity index (χ4v) is 2.22. The first-order valence-electron chi connectivity index (χ1n) is 6.29. The van der Waals surface area contributed by atoms with Crippen LogP contribution in [-0.2, 0) is 4.79 Å². The molecule has 0 aromatic heterocycles. The highest BCUT2D eigenvalue weighted by atomic mass is 35.6. The summed E-state index contributed by atoms with van der Waals surface area (Å²) in [6.07, 6.45) is 0. The van der Waals surface area contributed by atoms with Crippen molar-refractivity contribution in [3.8, 4) is 0 Å². The number of hydrogen-bond acceptors (Lipinski definition) is 3. The van der Waals surface area contributed by atoms with Gasteiger partial charge in [-0.2, -0.15) is 0 Å². The molecule has 1 rings (SSSR count). The number of benzene rings is 1. The van der Waals surface area contributed by atoms with Gasteiger partial charge in [0, 0.05) is 17.0 Å². The third kappa shape index (κ3) is 9.48. The lowest BCUT2D eigenvalue weighted by atomic mass is 10.1. The maximum atomic E-state index is 9.62. The zero-order valence-electron chi connectivity index (χ0n) is 12.4. The van der Waals surface area contributed by atoms with E-state index < -0.39 is 9.76 Å². The molecule has 0 aliphatic heterocycles. The van der Waals surface area contributed by atoms with Gasteiger partial charge in [0.15, 0.2) is 0 Å². The molecule has 7 heteroatoms. The second-order valence-corrected chi connectivity index (χ2v) is 8.45. The fraction of sp³-hybridized carbons (Fsp3) is 0.500. The third-order valence-electron chi connectivity index (χ3n) is 2.24. The normalized spacial score (nSPS) is 11.8. The summed E-state index contributed by atoms with van der Waals surface area (Å²) in [5.74, 6) is -1.46. The number of carboxylic acids is 1. The van der Waals surface area contributed by atoms with Gasteiger partial charge in [0.25, 0.3) is 3.79 Å². The summed E-state index contributed by atoms with van der Waals surface area (Å²) in [5.41, 5.74) is 0.218. The molecule has 0 radical (unpaired) electrons. The quantitative estimate of drug-likeness (QED) is 0.580. The van der Waals surface area contributed by atoms with E-state index in [2.05, 4.69) is 62.3 Å². The molecule has 0 unspecified atom stereocenters. The molecular weight excluding hydrogens is 353 g/mol. The predicted molar refractivity (Wildman–Crippen MR) is 92.4 cm³/mol. The number of carboxylic acid groups (broad SMARTS) is 1. The van der Waals surface area contributed by atoms with Crippen molar-refractivity contribution in [3.05, 3.63) is 30.3 Å². The van der Waals surface area contributed by atoms with E-state index >= 15 is 0 Å². The summed E-state index contributed by atoms with van der Waals surface area (Å²) in [4.78, 5) is 10.9. The lowest BCUT2D eigenvalue weighted by Gasteiger charge is -2.33. The standard InChI is InChI=1S/C12H19NS.C2HCl3O2/c1-5-13(12(2,3)4)14-11-9-7-6-8-10-11;3-2(4,5)1(6)7/h6-10H,5H2,1-4H3;(H,6,7). The first-order chi connectivity index (χ1) is 9.48. The van der Waals surface area contributed by atoms with Crippen molar-refractivity contribution in [1.29, 1.82) is 0 Å². The highest BCUT2D eigenvalue weighted by molar-refractivity contribution is 7.97. The van der Waals surface area contributed by atoms with Gasteiger partial charge in [0.1, 0.15) is 0 Å². The highest BCUT2D eigenvalue weighted by Gasteiger charge is 2.29. The zero-order chi connectivity index (χ0) is 16.7. The van der Waals surface area contributed by atoms with E-state index in [4.69, 9.17) is 39.9 Å². The Hall–Kier alpha value is -0.130. The molecule has 21 heavy (non-hydrogen) atoms. The van der Waals surface area contributed by atoms with Gasteiger partial charge in [-0.05, 0) is 44.9 Å². The molecule has 0 aliphatic rings. The number of hydrogen-bond donors (Lipinski definition) is 1. The molecule has 0 bridgehead atoms. The Kier molecular flexibility index (Phi) is 9.05. The Morgan fingerprint density at radius 3 is 1.90 bits per heavy atom. The average Bonchev–Trinajstić information content (AvgIpc) is 2.35. The summed E-state index contributed by atoms with van der Waals surface area (Å²) in [5, 5.41) is 7.85. The van der Waals surface area contributed by atoms with E-state index in [0.717, 1.165) is 6.54 Å². The monoisotopic (exact) mass is 371 g/mol. The minimum atomic E-state index is -2.17. The van der Waals surface area contributed by atoms with Gasteiger partial charge >= 0.3 is 5.97 Å². The Morgan fingerprint density at radius 2 is 1.62 bits per heavy atom. The van der Waals surface area contributed by atoms with E-state index in [9.17, 15) is 4.79 Å². The molecular formula is C14H20Cl3NO2S. The van der Waals surface area contributed by atoms with Crippen molar-refractivity contribution in [2.75, 3.05) is 6.54 Å². The van der Waals surface area contributed by atoms with E-state index in [1.54, 1.807) is 0 Å². The van der Waals surface area contributed by atoms with Crippen molar-refractivity contribution in [2.24, 2.45) is 0 Å². The molecule has 0 amide bonds. The van der Waals surface area contributed by atoms with E-state index in [-0.39, 0.29) is 5.54 Å². The third-order valence-corrected chi connectivity index (χ3v) is 4.23. The number of halogens is 3. The van der Waals surface area contributed by atoms with Crippen molar-refractivity contribution < 1.29 is 9.90 Å². The van der Waals surface area contributed by atoms with Gasteiger partial charge in [0.2, 0.25) is 0 Å². The van der Waals surface area contributed by atoms with Crippen LogP contribution in [0.1, 0.15) is 27.7 Å². The summed E-state index contributed by atoms with van der Waals surface area (Å²) in [6.45, 7) is 9.98. The molecule has 0 spiro atoms. The van der Waals surface area contributed by atoms with Gasteiger partial charge in [-0.25, -0.2) is 9.10 Å². The number of rotatable bonds is 3. The first-order valence-corrected chi connectivity index (χ1v) is 8.20. The predicted octanol–water partition coefficient (Wildman–Crippen LogP) is 5.26. The molecule has 1 N–H and O–H groups in total. The van der Waals surface area contributed by atoms with Gasteiger partial charge in [-0.1, -0.05) is 59.9 Å². The lowest BCUT2D eigenvalue weighted by Crippen LogP contribution is -2.35. The van der Waals surface area contributed by atoms with Gasteiger partial charge in [0.05, 0.1) is 0 Å². The number of carbonyl (C=O) groups is 1. The Morgan fingerprint density at radius 1 is 1.19 bits per heavy atom. The van der Waals surface area contributed by atoms with Crippen molar-refractivity contribution >= 4 is 52.7 Å². The number of alkyl halides is 3. The van der Waals surface area contributed by atoms with Crippen LogP contribution in [-0.4, -0.2) is 31.3 Å². The SMILES string of the molecule is CCN(Sc1ccccc1)C(C)(C)C.O=C(O)C(Cl)(Cl)Cl. The van der Waals surface area contributed by atoms with E-state index in [1.807, 2.05) is 11.9 Å². The molecule has 0 atom stereocenters.